The molecule has 0 radical (unpaired) electrons. The summed E-state index contributed by atoms with van der Waals surface area (Å²) in [6.45, 7) is 7.93. The lowest BCUT2D eigenvalue weighted by atomic mass is 9.83. The Bertz CT molecular complexity index is 255. The first-order valence-electron chi connectivity index (χ1n) is 6.93. The first-order chi connectivity index (χ1) is 8.15. The summed E-state index contributed by atoms with van der Waals surface area (Å²) in [4.78, 5) is 13.9. The molecule has 0 spiro atoms. The molecule has 0 bridgehead atoms. The van der Waals surface area contributed by atoms with Gasteiger partial charge in [0.25, 0.3) is 0 Å². The van der Waals surface area contributed by atoms with Gasteiger partial charge in [-0.3, -0.25) is 4.90 Å². The standard InChI is InChI=1S/C14H25NO2/c1-12(2)15(8-13-4-5-13)9-14(10-16)6-3-7-17-11-14/h10,12-13H,3-9,11H2,1-2H3. The number of carbonyl (C=O) groups excluding carboxylic acids is 1. The van der Waals surface area contributed by atoms with Crippen LogP contribution < -0.4 is 0 Å². The van der Waals surface area contributed by atoms with E-state index in [0.29, 0.717) is 12.6 Å². The Labute approximate surface area is 105 Å². The van der Waals surface area contributed by atoms with Gasteiger partial charge in [0.15, 0.2) is 0 Å². The maximum Gasteiger partial charge on any atom is 0.129 e. The van der Waals surface area contributed by atoms with Crippen LogP contribution in [0.5, 0.6) is 0 Å². The van der Waals surface area contributed by atoms with E-state index in [2.05, 4.69) is 18.7 Å². The summed E-state index contributed by atoms with van der Waals surface area (Å²) in [5.41, 5.74) is -0.239. The highest BCUT2D eigenvalue weighted by Crippen LogP contribution is 2.33. The van der Waals surface area contributed by atoms with Crippen LogP contribution in [0.15, 0.2) is 0 Å². The van der Waals surface area contributed by atoms with E-state index in [1.165, 1.54) is 12.8 Å². The van der Waals surface area contributed by atoms with Crippen molar-refractivity contribution in [1.29, 1.82) is 0 Å². The van der Waals surface area contributed by atoms with Gasteiger partial charge in [0.1, 0.15) is 6.29 Å². The predicted octanol–water partition coefficient (Wildman–Crippen LogP) is 2.10. The summed E-state index contributed by atoms with van der Waals surface area (Å²) in [5.74, 6) is 0.880. The molecule has 3 nitrogen and oxygen atoms in total. The van der Waals surface area contributed by atoms with Gasteiger partial charge in [0.05, 0.1) is 12.0 Å². The van der Waals surface area contributed by atoms with Crippen LogP contribution in [0.4, 0.5) is 0 Å². The zero-order valence-corrected chi connectivity index (χ0v) is 11.2. The van der Waals surface area contributed by atoms with Gasteiger partial charge < -0.3 is 9.53 Å². The number of carbonyl (C=O) groups is 1. The molecule has 1 saturated carbocycles. The highest BCUT2D eigenvalue weighted by atomic mass is 16.5. The third kappa shape index (κ3) is 3.52. The van der Waals surface area contributed by atoms with Gasteiger partial charge in [-0.15, -0.1) is 0 Å². The number of hydrogen-bond acceptors (Lipinski definition) is 3. The second kappa shape index (κ2) is 5.49. The average Bonchev–Trinajstić information content (AvgIpc) is 3.13. The quantitative estimate of drug-likeness (QED) is 0.665. The summed E-state index contributed by atoms with van der Waals surface area (Å²) in [6, 6.07) is 0.523. The smallest absolute Gasteiger partial charge is 0.129 e. The normalized spacial score (nSPS) is 29.9. The molecule has 17 heavy (non-hydrogen) atoms. The minimum absolute atomic E-state index is 0.239. The molecule has 1 atom stereocenters. The third-order valence-corrected chi connectivity index (χ3v) is 4.04. The Kier molecular flexibility index (Phi) is 4.21. The fourth-order valence-electron chi connectivity index (χ4n) is 2.62. The highest BCUT2D eigenvalue weighted by Gasteiger charge is 2.36. The van der Waals surface area contributed by atoms with Gasteiger partial charge in [0.2, 0.25) is 0 Å². The summed E-state index contributed by atoms with van der Waals surface area (Å²) >= 11 is 0. The average molecular weight is 239 g/mol. The second-order valence-corrected chi connectivity index (χ2v) is 6.10. The minimum Gasteiger partial charge on any atom is -0.380 e. The Morgan fingerprint density at radius 2 is 2.24 bits per heavy atom. The van der Waals surface area contributed by atoms with Gasteiger partial charge in [-0.05, 0) is 45.4 Å². The molecule has 2 aliphatic rings. The number of aldehydes is 1. The first kappa shape index (κ1) is 13.0. The maximum atomic E-state index is 11.4. The molecular weight excluding hydrogens is 214 g/mol. The van der Waals surface area contributed by atoms with Crippen LogP contribution in [0.25, 0.3) is 0 Å². The van der Waals surface area contributed by atoms with Crippen molar-refractivity contribution in [2.75, 3.05) is 26.3 Å². The monoisotopic (exact) mass is 239 g/mol. The fourth-order valence-corrected chi connectivity index (χ4v) is 2.62. The van der Waals surface area contributed by atoms with Crippen molar-refractivity contribution in [2.45, 2.75) is 45.6 Å². The molecule has 1 saturated heterocycles. The topological polar surface area (TPSA) is 29.5 Å². The molecule has 1 unspecified atom stereocenters. The maximum absolute atomic E-state index is 11.4. The lowest BCUT2D eigenvalue weighted by Gasteiger charge is -2.38. The van der Waals surface area contributed by atoms with Gasteiger partial charge in [-0.25, -0.2) is 0 Å². The van der Waals surface area contributed by atoms with E-state index in [1.807, 2.05) is 0 Å². The van der Waals surface area contributed by atoms with E-state index < -0.39 is 0 Å². The summed E-state index contributed by atoms with van der Waals surface area (Å²) in [7, 11) is 0. The summed E-state index contributed by atoms with van der Waals surface area (Å²) in [5, 5.41) is 0. The lowest BCUT2D eigenvalue weighted by molar-refractivity contribution is -0.126. The molecule has 0 aromatic carbocycles. The van der Waals surface area contributed by atoms with Gasteiger partial charge in [0, 0.05) is 25.7 Å². The van der Waals surface area contributed by atoms with Gasteiger partial charge in [-0.1, -0.05) is 0 Å². The molecule has 0 aromatic heterocycles. The fraction of sp³-hybridized carbons (Fsp3) is 0.929. The SMILES string of the molecule is CC(C)N(CC1CC1)CC1(C=O)CCCOC1. The largest absolute Gasteiger partial charge is 0.380 e. The van der Waals surface area contributed by atoms with E-state index >= 15 is 0 Å². The Morgan fingerprint density at radius 1 is 1.47 bits per heavy atom. The highest BCUT2D eigenvalue weighted by molar-refractivity contribution is 5.60. The van der Waals surface area contributed by atoms with Crippen molar-refractivity contribution in [3.63, 3.8) is 0 Å². The molecular formula is C14H25NO2. The Balaban J connectivity index is 1.95. The number of hydrogen-bond donors (Lipinski definition) is 0. The molecule has 1 heterocycles. The lowest BCUT2D eigenvalue weighted by Crippen LogP contribution is -2.47. The van der Waals surface area contributed by atoms with Crippen molar-refractivity contribution in [3.05, 3.63) is 0 Å². The molecule has 1 aliphatic carbocycles. The van der Waals surface area contributed by atoms with Crippen LogP contribution in [-0.2, 0) is 9.53 Å². The van der Waals surface area contributed by atoms with Crippen LogP contribution in [0, 0.1) is 11.3 Å². The number of ether oxygens (including phenoxy) is 1. The zero-order valence-electron chi connectivity index (χ0n) is 11.2. The molecule has 3 heteroatoms. The van der Waals surface area contributed by atoms with Crippen LogP contribution in [0.2, 0.25) is 0 Å². The van der Waals surface area contributed by atoms with Crippen molar-refractivity contribution in [3.8, 4) is 0 Å². The summed E-state index contributed by atoms with van der Waals surface area (Å²) < 4.78 is 5.52. The molecule has 0 aromatic rings. The van der Waals surface area contributed by atoms with Crippen molar-refractivity contribution in [2.24, 2.45) is 11.3 Å². The molecule has 1 aliphatic heterocycles. The van der Waals surface area contributed by atoms with E-state index in [0.717, 1.165) is 44.7 Å². The first-order valence-corrected chi connectivity index (χ1v) is 6.93. The zero-order chi connectivity index (χ0) is 12.3. The van der Waals surface area contributed by atoms with E-state index in [9.17, 15) is 4.79 Å². The van der Waals surface area contributed by atoms with Gasteiger partial charge >= 0.3 is 0 Å². The number of nitrogens with zero attached hydrogens (tertiary/aromatic N) is 1. The predicted molar refractivity (Wildman–Crippen MR) is 68.0 cm³/mol. The van der Waals surface area contributed by atoms with E-state index in [1.54, 1.807) is 0 Å². The van der Waals surface area contributed by atoms with E-state index in [4.69, 9.17) is 4.74 Å². The van der Waals surface area contributed by atoms with Crippen molar-refractivity contribution in [1.82, 2.24) is 4.90 Å². The minimum atomic E-state index is -0.239. The molecule has 0 amide bonds. The Hall–Kier alpha value is -0.410. The van der Waals surface area contributed by atoms with Crippen LogP contribution in [0.1, 0.15) is 39.5 Å². The van der Waals surface area contributed by atoms with Gasteiger partial charge in [-0.2, -0.15) is 0 Å². The molecule has 2 rings (SSSR count). The number of rotatable bonds is 6. The van der Waals surface area contributed by atoms with Crippen LogP contribution in [0.3, 0.4) is 0 Å². The Morgan fingerprint density at radius 3 is 2.71 bits per heavy atom. The van der Waals surface area contributed by atoms with Crippen molar-refractivity contribution < 1.29 is 9.53 Å². The second-order valence-electron chi connectivity index (χ2n) is 6.10. The molecule has 2 fully saturated rings. The summed E-state index contributed by atoms with van der Waals surface area (Å²) in [6.07, 6.45) is 5.90. The molecule has 0 N–H and O–H groups in total. The van der Waals surface area contributed by atoms with Crippen molar-refractivity contribution >= 4 is 6.29 Å². The third-order valence-electron chi connectivity index (χ3n) is 4.04. The van der Waals surface area contributed by atoms with E-state index in [-0.39, 0.29) is 5.41 Å². The van der Waals surface area contributed by atoms with Crippen LogP contribution >= 0.6 is 0 Å². The molecule has 98 valence electrons. The van der Waals surface area contributed by atoms with Crippen LogP contribution in [-0.4, -0.2) is 43.5 Å².